The van der Waals surface area contributed by atoms with E-state index in [0.29, 0.717) is 11.4 Å². The number of nitrogens with zero attached hydrogens (tertiary/aromatic N) is 2. The molecule has 0 bridgehead atoms. The van der Waals surface area contributed by atoms with Crippen molar-refractivity contribution in [2.24, 2.45) is 0 Å². The normalized spacial score (nSPS) is 10.1. The fraction of sp³-hybridized carbons (Fsp3) is 0.235. The van der Waals surface area contributed by atoms with E-state index < -0.39 is 0 Å². The molecule has 1 N–H and O–H groups in total. The molecule has 1 aromatic heterocycles. The number of benzene rings is 1. The Labute approximate surface area is 130 Å². The van der Waals surface area contributed by atoms with Gasteiger partial charge in [-0.1, -0.05) is 23.8 Å². The number of rotatable bonds is 4. The van der Waals surface area contributed by atoms with Crippen LogP contribution in [0, 0.1) is 13.8 Å². The second kappa shape index (κ2) is 6.85. The zero-order valence-electron chi connectivity index (χ0n) is 13.0. The van der Waals surface area contributed by atoms with Crippen LogP contribution < -0.4 is 5.32 Å². The Hall–Kier alpha value is -2.69. The lowest BCUT2D eigenvalue weighted by Gasteiger charge is -2.16. The number of pyridine rings is 1. The first-order valence-electron chi connectivity index (χ1n) is 7.01. The molecule has 0 aliphatic rings. The number of amides is 2. The van der Waals surface area contributed by atoms with E-state index >= 15 is 0 Å². The van der Waals surface area contributed by atoms with Crippen molar-refractivity contribution in [1.82, 2.24) is 9.88 Å². The predicted molar refractivity (Wildman–Crippen MR) is 85.7 cm³/mol. The summed E-state index contributed by atoms with van der Waals surface area (Å²) < 4.78 is 0. The van der Waals surface area contributed by atoms with Crippen molar-refractivity contribution in [2.45, 2.75) is 13.8 Å². The van der Waals surface area contributed by atoms with Gasteiger partial charge in [0.2, 0.25) is 5.91 Å². The summed E-state index contributed by atoms with van der Waals surface area (Å²) >= 11 is 0. The quantitative estimate of drug-likeness (QED) is 0.942. The first-order chi connectivity index (χ1) is 10.5. The summed E-state index contributed by atoms with van der Waals surface area (Å²) in [4.78, 5) is 29.7. The van der Waals surface area contributed by atoms with Gasteiger partial charge in [-0.2, -0.15) is 0 Å². The molecule has 2 amide bonds. The Kier molecular flexibility index (Phi) is 4.88. The minimum Gasteiger partial charge on any atom is -0.331 e. The third-order valence-corrected chi connectivity index (χ3v) is 3.17. The van der Waals surface area contributed by atoms with Crippen molar-refractivity contribution in [2.75, 3.05) is 18.9 Å². The van der Waals surface area contributed by atoms with E-state index in [1.165, 1.54) is 4.90 Å². The van der Waals surface area contributed by atoms with E-state index in [1.807, 2.05) is 44.2 Å². The largest absolute Gasteiger partial charge is 0.331 e. The van der Waals surface area contributed by atoms with Crippen LogP contribution in [0.4, 0.5) is 5.69 Å². The van der Waals surface area contributed by atoms with Crippen LogP contribution in [-0.2, 0) is 4.79 Å². The number of carbonyl (C=O) groups is 2. The Morgan fingerprint density at radius 2 is 1.77 bits per heavy atom. The average molecular weight is 297 g/mol. The molecule has 0 fully saturated rings. The summed E-state index contributed by atoms with van der Waals surface area (Å²) in [6.45, 7) is 3.77. The van der Waals surface area contributed by atoms with Crippen LogP contribution >= 0.6 is 0 Å². The van der Waals surface area contributed by atoms with E-state index in [0.717, 1.165) is 11.3 Å². The summed E-state index contributed by atoms with van der Waals surface area (Å²) in [5, 5.41) is 2.76. The summed E-state index contributed by atoms with van der Waals surface area (Å²) in [5.41, 5.74) is 2.94. The molecule has 114 valence electrons. The third kappa shape index (κ3) is 4.15. The van der Waals surface area contributed by atoms with Crippen LogP contribution in [0.15, 0.2) is 42.5 Å². The maximum absolute atomic E-state index is 12.2. The molecule has 0 saturated heterocycles. The van der Waals surface area contributed by atoms with Gasteiger partial charge < -0.3 is 10.2 Å². The summed E-state index contributed by atoms with van der Waals surface area (Å²) in [6.07, 6.45) is 0. The molecule has 5 heteroatoms. The van der Waals surface area contributed by atoms with Gasteiger partial charge in [-0.05, 0) is 38.1 Å². The van der Waals surface area contributed by atoms with Crippen molar-refractivity contribution in [3.05, 3.63) is 59.4 Å². The maximum atomic E-state index is 12.2. The summed E-state index contributed by atoms with van der Waals surface area (Å²) in [7, 11) is 1.58. The van der Waals surface area contributed by atoms with E-state index in [4.69, 9.17) is 0 Å². The summed E-state index contributed by atoms with van der Waals surface area (Å²) in [6, 6.07) is 12.7. The molecule has 0 saturated carbocycles. The van der Waals surface area contributed by atoms with Crippen molar-refractivity contribution < 1.29 is 9.59 Å². The molecule has 0 atom stereocenters. The fourth-order valence-electron chi connectivity index (χ4n) is 1.98. The maximum Gasteiger partial charge on any atom is 0.272 e. The van der Waals surface area contributed by atoms with Gasteiger partial charge in [0.05, 0.1) is 6.54 Å². The van der Waals surface area contributed by atoms with Crippen LogP contribution in [-0.4, -0.2) is 35.3 Å². The first kappa shape index (κ1) is 15.7. The standard InChI is InChI=1S/C17H19N3O2/c1-12-7-9-14(10-8-12)19-16(21)11-20(3)17(22)15-6-4-5-13(2)18-15/h4-10H,11H2,1-3H3,(H,19,21). The Morgan fingerprint density at radius 3 is 2.41 bits per heavy atom. The molecule has 22 heavy (non-hydrogen) atoms. The van der Waals surface area contributed by atoms with Crippen LogP contribution in [0.2, 0.25) is 0 Å². The lowest BCUT2D eigenvalue weighted by Crippen LogP contribution is -2.35. The molecule has 5 nitrogen and oxygen atoms in total. The molecule has 1 heterocycles. The lowest BCUT2D eigenvalue weighted by molar-refractivity contribution is -0.116. The third-order valence-electron chi connectivity index (χ3n) is 3.17. The average Bonchev–Trinajstić information content (AvgIpc) is 2.48. The topological polar surface area (TPSA) is 62.3 Å². The number of hydrogen-bond donors (Lipinski definition) is 1. The number of carbonyl (C=O) groups excluding carboxylic acids is 2. The Bertz CT molecular complexity index is 681. The SMILES string of the molecule is Cc1ccc(NC(=O)CN(C)C(=O)c2cccc(C)n2)cc1. The molecule has 0 aliphatic carbocycles. The van der Waals surface area contributed by atoms with E-state index in [9.17, 15) is 9.59 Å². The number of aryl methyl sites for hydroxylation is 2. The van der Waals surface area contributed by atoms with E-state index in [2.05, 4.69) is 10.3 Å². The second-order valence-electron chi connectivity index (χ2n) is 5.24. The van der Waals surface area contributed by atoms with Gasteiger partial charge in [-0.3, -0.25) is 9.59 Å². The smallest absolute Gasteiger partial charge is 0.272 e. The van der Waals surface area contributed by atoms with Gasteiger partial charge in [-0.25, -0.2) is 4.98 Å². The predicted octanol–water partition coefficient (Wildman–Crippen LogP) is 2.41. The molecular formula is C17H19N3O2. The van der Waals surface area contributed by atoms with Crippen molar-refractivity contribution in [3.8, 4) is 0 Å². The minimum absolute atomic E-state index is 0.0255. The number of anilines is 1. The monoisotopic (exact) mass is 297 g/mol. The molecule has 0 radical (unpaired) electrons. The van der Waals surface area contributed by atoms with Crippen LogP contribution in [0.5, 0.6) is 0 Å². The summed E-state index contributed by atoms with van der Waals surface area (Å²) in [5.74, 6) is -0.518. The lowest BCUT2D eigenvalue weighted by atomic mass is 10.2. The van der Waals surface area contributed by atoms with Crippen LogP contribution in [0.1, 0.15) is 21.7 Å². The molecule has 2 aromatic rings. The van der Waals surface area contributed by atoms with Crippen molar-refractivity contribution in [3.63, 3.8) is 0 Å². The molecule has 0 unspecified atom stereocenters. The first-order valence-corrected chi connectivity index (χ1v) is 7.01. The Balaban J connectivity index is 1.96. The van der Waals surface area contributed by atoms with Gasteiger partial charge in [-0.15, -0.1) is 0 Å². The molecule has 0 spiro atoms. The van der Waals surface area contributed by atoms with Gasteiger partial charge in [0.25, 0.3) is 5.91 Å². The highest BCUT2D eigenvalue weighted by atomic mass is 16.2. The highest BCUT2D eigenvalue weighted by Crippen LogP contribution is 2.09. The molecule has 1 aromatic carbocycles. The van der Waals surface area contributed by atoms with Crippen LogP contribution in [0.3, 0.4) is 0 Å². The highest BCUT2D eigenvalue weighted by Gasteiger charge is 2.16. The van der Waals surface area contributed by atoms with Gasteiger partial charge in [0, 0.05) is 18.4 Å². The highest BCUT2D eigenvalue weighted by molar-refractivity contribution is 5.98. The molecule has 0 aliphatic heterocycles. The Morgan fingerprint density at radius 1 is 1.09 bits per heavy atom. The number of likely N-dealkylation sites (N-methyl/N-ethyl adjacent to an activating group) is 1. The van der Waals surface area contributed by atoms with Gasteiger partial charge in [0.1, 0.15) is 5.69 Å². The zero-order chi connectivity index (χ0) is 16.1. The van der Waals surface area contributed by atoms with Crippen molar-refractivity contribution in [1.29, 1.82) is 0 Å². The fourth-order valence-corrected chi connectivity index (χ4v) is 1.98. The minimum atomic E-state index is -0.275. The van der Waals surface area contributed by atoms with Crippen molar-refractivity contribution >= 4 is 17.5 Å². The second-order valence-corrected chi connectivity index (χ2v) is 5.24. The number of aromatic nitrogens is 1. The molecular weight excluding hydrogens is 278 g/mol. The van der Waals surface area contributed by atoms with E-state index in [-0.39, 0.29) is 18.4 Å². The molecule has 2 rings (SSSR count). The number of nitrogens with one attached hydrogen (secondary N) is 1. The zero-order valence-corrected chi connectivity index (χ0v) is 13.0. The number of hydrogen-bond acceptors (Lipinski definition) is 3. The van der Waals surface area contributed by atoms with E-state index in [1.54, 1.807) is 19.2 Å². The van der Waals surface area contributed by atoms with Crippen LogP contribution in [0.25, 0.3) is 0 Å². The van der Waals surface area contributed by atoms with Gasteiger partial charge in [0.15, 0.2) is 0 Å². The van der Waals surface area contributed by atoms with Gasteiger partial charge >= 0.3 is 0 Å².